The molecule has 3 rings (SSSR count). The molecule has 0 saturated heterocycles. The fourth-order valence-electron chi connectivity index (χ4n) is 3.56. The highest BCUT2D eigenvalue weighted by atomic mass is 31.2. The Labute approximate surface area is 225 Å². The number of hydrogen-bond acceptors (Lipinski definition) is 11. The highest BCUT2D eigenvalue weighted by Gasteiger charge is 2.36. The van der Waals surface area contributed by atoms with E-state index in [0.717, 1.165) is 6.08 Å². The van der Waals surface area contributed by atoms with E-state index >= 15 is 0 Å². The average molecular weight is 572 g/mol. The highest BCUT2D eigenvalue weighted by molar-refractivity contribution is 7.59. The van der Waals surface area contributed by atoms with Gasteiger partial charge in [0.15, 0.2) is 36.1 Å². The van der Waals surface area contributed by atoms with Gasteiger partial charge in [-0.1, -0.05) is 19.9 Å². The molecule has 216 valence electrons. The monoisotopic (exact) mass is 571 g/mol. The molecule has 2 unspecified atom stereocenters. The number of nitrogens with one attached hydrogen (secondary N) is 2. The van der Waals surface area contributed by atoms with E-state index in [9.17, 15) is 18.9 Å². The van der Waals surface area contributed by atoms with Crippen molar-refractivity contribution < 1.29 is 37.8 Å². The van der Waals surface area contributed by atoms with Crippen molar-refractivity contribution in [1.82, 2.24) is 29.7 Å². The number of ether oxygens (including phenoxy) is 4. The SMILES string of the molecule is C=C[C@H](NP(=O)(CO[C@@H]1C=C(F)[C@H](n2cnc3c(N)ncnc32)O1)N[C@@H](C)C(O)OCCC)C(=O)OCCC. The van der Waals surface area contributed by atoms with Crippen molar-refractivity contribution in [2.45, 2.75) is 64.5 Å². The Morgan fingerprint density at radius 3 is 2.77 bits per heavy atom. The quantitative estimate of drug-likeness (QED) is 0.0995. The van der Waals surface area contributed by atoms with Crippen LogP contribution in [0, 0.1) is 0 Å². The van der Waals surface area contributed by atoms with E-state index in [0.29, 0.717) is 12.8 Å². The first-order chi connectivity index (χ1) is 18.6. The summed E-state index contributed by atoms with van der Waals surface area (Å²) in [6.45, 7) is 9.31. The standard InChI is InChI=1S/C23H35FN7O7P/c1-5-8-35-22(32)14(4)29-39(34,30-16(7-3)23(33)36-9-6-2)13-37-17-10-15(24)21(38-17)31-12-28-18-19(25)26-11-27-20(18)31/h7,10-12,14,16-17,21-22,32H,3,5-6,8-9,13H2,1-2,4H3,(H2,25,26,27)(H2,29,30,34)/t14-,16-,17-,21+,22?,39?/m0/s1. The summed E-state index contributed by atoms with van der Waals surface area (Å²) in [5.41, 5.74) is 6.33. The molecule has 0 radical (unpaired) electrons. The minimum atomic E-state index is -3.84. The van der Waals surface area contributed by atoms with E-state index in [1.54, 1.807) is 6.92 Å². The van der Waals surface area contributed by atoms with Crippen molar-refractivity contribution >= 4 is 30.4 Å². The van der Waals surface area contributed by atoms with Crippen LogP contribution in [0.2, 0.25) is 0 Å². The zero-order chi connectivity index (χ0) is 28.6. The van der Waals surface area contributed by atoms with Gasteiger partial charge in [-0.15, -0.1) is 6.58 Å². The van der Waals surface area contributed by atoms with Gasteiger partial charge in [-0.3, -0.25) is 9.13 Å². The van der Waals surface area contributed by atoms with Gasteiger partial charge in [-0.2, -0.15) is 0 Å². The Bertz CT molecular complexity index is 1210. The number of rotatable bonds is 16. The van der Waals surface area contributed by atoms with Crippen LogP contribution in [0.4, 0.5) is 10.2 Å². The number of nitrogens with two attached hydrogens (primary N) is 1. The molecule has 2 aromatic heterocycles. The fourth-order valence-corrected chi connectivity index (χ4v) is 5.58. The molecule has 39 heavy (non-hydrogen) atoms. The van der Waals surface area contributed by atoms with Crippen molar-refractivity contribution in [2.75, 3.05) is 25.3 Å². The lowest BCUT2D eigenvalue weighted by atomic mass is 10.3. The summed E-state index contributed by atoms with van der Waals surface area (Å²) < 4.78 is 51.9. The molecular weight excluding hydrogens is 536 g/mol. The Morgan fingerprint density at radius 2 is 2.08 bits per heavy atom. The van der Waals surface area contributed by atoms with Crippen molar-refractivity contribution in [2.24, 2.45) is 0 Å². The molecule has 0 aromatic carbocycles. The Balaban J connectivity index is 1.74. The minimum Gasteiger partial charge on any atom is -0.464 e. The van der Waals surface area contributed by atoms with Crippen molar-refractivity contribution in [3.05, 3.63) is 37.2 Å². The van der Waals surface area contributed by atoms with Gasteiger partial charge in [0.2, 0.25) is 7.44 Å². The van der Waals surface area contributed by atoms with E-state index in [1.165, 1.54) is 23.3 Å². The summed E-state index contributed by atoms with van der Waals surface area (Å²) >= 11 is 0. The van der Waals surface area contributed by atoms with Crippen LogP contribution in [-0.4, -0.2) is 74.8 Å². The minimum absolute atomic E-state index is 0.125. The number of carbonyl (C=O) groups is 1. The predicted octanol–water partition coefficient (Wildman–Crippen LogP) is 2.10. The number of aliphatic hydroxyl groups is 1. The number of nitrogen functional groups attached to an aromatic ring is 1. The third kappa shape index (κ3) is 7.88. The smallest absolute Gasteiger partial charge is 0.327 e. The Morgan fingerprint density at radius 1 is 1.33 bits per heavy atom. The van der Waals surface area contributed by atoms with Gasteiger partial charge >= 0.3 is 5.97 Å². The lowest BCUT2D eigenvalue weighted by Gasteiger charge is -2.29. The third-order valence-electron chi connectivity index (χ3n) is 5.47. The summed E-state index contributed by atoms with van der Waals surface area (Å²) in [6, 6.07) is -2.01. The van der Waals surface area contributed by atoms with Crippen LogP contribution >= 0.6 is 7.44 Å². The van der Waals surface area contributed by atoms with E-state index in [-0.39, 0.29) is 30.2 Å². The Hall–Kier alpha value is -2.78. The van der Waals surface area contributed by atoms with E-state index in [4.69, 9.17) is 24.7 Å². The normalized spacial score (nSPS) is 21.2. The van der Waals surface area contributed by atoms with E-state index in [2.05, 4.69) is 31.7 Å². The van der Waals surface area contributed by atoms with Gasteiger partial charge in [0.1, 0.15) is 24.2 Å². The molecule has 16 heteroatoms. The fraction of sp³-hybridized carbons (Fsp3) is 0.565. The van der Waals surface area contributed by atoms with Crippen molar-refractivity contribution in [1.29, 1.82) is 0 Å². The second-order valence-electron chi connectivity index (χ2n) is 8.72. The molecule has 0 amide bonds. The van der Waals surface area contributed by atoms with Crippen molar-refractivity contribution in [3.8, 4) is 0 Å². The number of carbonyl (C=O) groups excluding carboxylic acids is 1. The molecule has 6 atom stereocenters. The average Bonchev–Trinajstić information content (AvgIpc) is 3.51. The lowest BCUT2D eigenvalue weighted by Crippen LogP contribution is -2.45. The number of imidazole rings is 1. The van der Waals surface area contributed by atoms with Crippen LogP contribution in [0.1, 0.15) is 39.8 Å². The van der Waals surface area contributed by atoms with Gasteiger partial charge < -0.3 is 29.8 Å². The van der Waals surface area contributed by atoms with Gasteiger partial charge in [-0.25, -0.2) is 34.3 Å². The highest BCUT2D eigenvalue weighted by Crippen LogP contribution is 2.40. The zero-order valence-corrected chi connectivity index (χ0v) is 22.9. The number of aromatic nitrogens is 4. The zero-order valence-electron chi connectivity index (χ0n) is 22.0. The first-order valence-electron chi connectivity index (χ1n) is 12.4. The van der Waals surface area contributed by atoms with E-state index in [1.807, 2.05) is 13.8 Å². The predicted molar refractivity (Wildman–Crippen MR) is 140 cm³/mol. The van der Waals surface area contributed by atoms with Gasteiger partial charge in [0.05, 0.1) is 19.0 Å². The second-order valence-corrected chi connectivity index (χ2v) is 11.0. The molecular formula is C23H35FN7O7P. The number of aliphatic hydroxyl groups excluding tert-OH is 1. The number of nitrogens with zero attached hydrogens (tertiary/aromatic N) is 4. The van der Waals surface area contributed by atoms with Crippen LogP contribution in [0.5, 0.6) is 0 Å². The summed E-state index contributed by atoms with van der Waals surface area (Å²) in [7, 11) is -3.84. The molecule has 2 aromatic rings. The molecule has 0 spiro atoms. The lowest BCUT2D eigenvalue weighted by molar-refractivity contribution is -0.144. The second kappa shape index (κ2) is 14.0. The number of esters is 1. The maximum absolute atomic E-state index is 14.9. The van der Waals surface area contributed by atoms with Gasteiger partial charge in [0, 0.05) is 12.7 Å². The van der Waals surface area contributed by atoms with Crippen LogP contribution in [0.3, 0.4) is 0 Å². The first kappa shape index (κ1) is 30.8. The summed E-state index contributed by atoms with van der Waals surface area (Å²) in [5.74, 6) is -1.27. The topological polar surface area (TPSA) is 185 Å². The summed E-state index contributed by atoms with van der Waals surface area (Å²) in [6.07, 6.45) is 1.69. The molecule has 1 aliphatic rings. The third-order valence-corrected chi connectivity index (χ3v) is 7.51. The van der Waals surface area contributed by atoms with Crippen LogP contribution in [0.15, 0.2) is 37.2 Å². The molecule has 0 saturated carbocycles. The molecule has 0 bridgehead atoms. The maximum Gasteiger partial charge on any atom is 0.327 e. The Kier molecular flexibility index (Phi) is 11.1. The summed E-state index contributed by atoms with van der Waals surface area (Å²) in [4.78, 5) is 24.5. The largest absolute Gasteiger partial charge is 0.464 e. The number of anilines is 1. The van der Waals surface area contributed by atoms with E-state index < -0.39 is 56.5 Å². The van der Waals surface area contributed by atoms with Crippen LogP contribution < -0.4 is 15.9 Å². The van der Waals surface area contributed by atoms with Gasteiger partial charge in [0.25, 0.3) is 0 Å². The molecule has 0 fully saturated rings. The van der Waals surface area contributed by atoms with Crippen LogP contribution in [-0.2, 0) is 28.3 Å². The first-order valence-corrected chi connectivity index (χ1v) is 14.3. The number of hydrogen-bond donors (Lipinski definition) is 4. The summed E-state index contributed by atoms with van der Waals surface area (Å²) in [5, 5.41) is 15.7. The van der Waals surface area contributed by atoms with Gasteiger partial charge in [-0.05, 0) is 19.8 Å². The molecule has 1 aliphatic heterocycles. The molecule has 3 heterocycles. The van der Waals surface area contributed by atoms with Crippen molar-refractivity contribution in [3.63, 3.8) is 0 Å². The molecule has 5 N–H and O–H groups in total. The van der Waals surface area contributed by atoms with Crippen LogP contribution in [0.25, 0.3) is 11.2 Å². The number of fused-ring (bicyclic) bond motifs is 1. The molecule has 0 aliphatic carbocycles. The maximum atomic E-state index is 14.9. The molecule has 14 nitrogen and oxygen atoms in total. The number of halogens is 1.